The molecule has 7 heteroatoms. The van der Waals surface area contributed by atoms with E-state index in [1.54, 1.807) is 20.8 Å². The summed E-state index contributed by atoms with van der Waals surface area (Å²) in [6, 6.07) is 4.57. The van der Waals surface area contributed by atoms with Crippen LogP contribution in [0.3, 0.4) is 0 Å². The fourth-order valence-corrected chi connectivity index (χ4v) is 1.79. The summed E-state index contributed by atoms with van der Waals surface area (Å²) in [4.78, 5) is 23.1. The summed E-state index contributed by atoms with van der Waals surface area (Å²) in [5, 5.41) is 23.0. The first-order valence-electron chi connectivity index (χ1n) is 6.15. The van der Waals surface area contributed by atoms with E-state index in [0.717, 1.165) is 0 Å². The maximum absolute atomic E-state index is 11.9. The van der Waals surface area contributed by atoms with Gasteiger partial charge in [0, 0.05) is 0 Å². The third-order valence-electron chi connectivity index (χ3n) is 2.73. The Bertz CT molecular complexity index is 602. The van der Waals surface area contributed by atoms with Gasteiger partial charge in [-0.3, -0.25) is 0 Å². The van der Waals surface area contributed by atoms with Crippen LogP contribution in [0.15, 0.2) is 18.2 Å². The minimum absolute atomic E-state index is 0.242. The van der Waals surface area contributed by atoms with Crippen LogP contribution in [0.4, 0.5) is 10.5 Å². The number of amides is 2. The molecule has 0 saturated heterocycles. The zero-order chi connectivity index (χ0) is 16.2. The number of nitriles is 1. The molecular weight excluding hydrogens is 294 g/mol. The van der Waals surface area contributed by atoms with Crippen LogP contribution in [0.5, 0.6) is 0 Å². The van der Waals surface area contributed by atoms with Crippen molar-refractivity contribution in [1.29, 1.82) is 5.26 Å². The molecule has 0 aliphatic rings. The molecule has 0 saturated carbocycles. The van der Waals surface area contributed by atoms with Crippen LogP contribution in [-0.2, 0) is 4.79 Å². The Labute approximate surface area is 127 Å². The van der Waals surface area contributed by atoms with Crippen LogP contribution >= 0.6 is 11.6 Å². The first kappa shape index (κ1) is 16.8. The molecular formula is C14H16ClN3O3. The molecule has 0 aliphatic carbocycles. The highest BCUT2D eigenvalue weighted by molar-refractivity contribution is 6.33. The fraction of sp³-hybridized carbons (Fsp3) is 0.357. The molecule has 21 heavy (non-hydrogen) atoms. The Morgan fingerprint density at radius 2 is 2.00 bits per heavy atom. The molecule has 1 atom stereocenters. The highest BCUT2D eigenvalue weighted by Crippen LogP contribution is 2.23. The minimum atomic E-state index is -1.13. The smallest absolute Gasteiger partial charge is 0.326 e. The molecule has 0 spiro atoms. The van der Waals surface area contributed by atoms with Crippen LogP contribution in [0.2, 0.25) is 5.02 Å². The van der Waals surface area contributed by atoms with Crippen molar-refractivity contribution in [2.45, 2.75) is 26.8 Å². The molecule has 0 heterocycles. The number of hydrogen-bond donors (Lipinski definition) is 3. The van der Waals surface area contributed by atoms with Crippen molar-refractivity contribution in [3.63, 3.8) is 0 Å². The second-order valence-electron chi connectivity index (χ2n) is 5.54. The topological polar surface area (TPSA) is 102 Å². The molecule has 1 aromatic carbocycles. The van der Waals surface area contributed by atoms with Crippen molar-refractivity contribution in [3.8, 4) is 6.07 Å². The molecule has 0 aliphatic heterocycles. The number of benzene rings is 1. The summed E-state index contributed by atoms with van der Waals surface area (Å²) < 4.78 is 0. The number of carbonyl (C=O) groups excluding carboxylic acids is 1. The van der Waals surface area contributed by atoms with Crippen LogP contribution < -0.4 is 10.6 Å². The quantitative estimate of drug-likeness (QED) is 0.798. The zero-order valence-corrected chi connectivity index (χ0v) is 12.7. The molecule has 0 aromatic heterocycles. The number of nitrogens with zero attached hydrogens (tertiary/aromatic N) is 1. The van der Waals surface area contributed by atoms with E-state index in [1.807, 2.05) is 6.07 Å². The normalized spacial score (nSPS) is 12.1. The lowest BCUT2D eigenvalue weighted by Gasteiger charge is -2.27. The first-order valence-corrected chi connectivity index (χ1v) is 6.53. The van der Waals surface area contributed by atoms with Gasteiger partial charge in [-0.05, 0) is 23.6 Å². The minimum Gasteiger partial charge on any atom is -0.480 e. The third kappa shape index (κ3) is 4.65. The number of carbonyl (C=O) groups is 2. The van der Waals surface area contributed by atoms with Gasteiger partial charge in [0.1, 0.15) is 6.04 Å². The second-order valence-corrected chi connectivity index (χ2v) is 5.95. The van der Waals surface area contributed by atoms with Gasteiger partial charge >= 0.3 is 12.0 Å². The maximum Gasteiger partial charge on any atom is 0.326 e. The van der Waals surface area contributed by atoms with Gasteiger partial charge in [-0.1, -0.05) is 32.4 Å². The molecule has 6 nitrogen and oxygen atoms in total. The SMILES string of the molecule is CC(C)(C)C(NC(=O)Nc1cc(C#N)ccc1Cl)C(=O)O. The third-order valence-corrected chi connectivity index (χ3v) is 3.06. The number of carboxylic acid groups (broad SMARTS) is 1. The van der Waals surface area contributed by atoms with E-state index in [-0.39, 0.29) is 10.7 Å². The van der Waals surface area contributed by atoms with Gasteiger partial charge in [-0.2, -0.15) is 5.26 Å². The van der Waals surface area contributed by atoms with E-state index >= 15 is 0 Å². The number of carboxylic acids is 1. The summed E-state index contributed by atoms with van der Waals surface area (Å²) >= 11 is 5.92. The number of urea groups is 1. The monoisotopic (exact) mass is 309 g/mol. The Morgan fingerprint density at radius 3 is 2.48 bits per heavy atom. The van der Waals surface area contributed by atoms with Crippen LogP contribution in [0.25, 0.3) is 0 Å². The van der Waals surface area contributed by atoms with E-state index in [0.29, 0.717) is 5.56 Å². The predicted molar refractivity (Wildman–Crippen MR) is 79.2 cm³/mol. The van der Waals surface area contributed by atoms with Crippen molar-refractivity contribution in [2.75, 3.05) is 5.32 Å². The van der Waals surface area contributed by atoms with Crippen molar-refractivity contribution < 1.29 is 14.7 Å². The molecule has 1 unspecified atom stereocenters. The van der Waals surface area contributed by atoms with E-state index in [2.05, 4.69) is 10.6 Å². The number of hydrogen-bond acceptors (Lipinski definition) is 3. The lowest BCUT2D eigenvalue weighted by atomic mass is 9.87. The van der Waals surface area contributed by atoms with Gasteiger partial charge in [0.15, 0.2) is 0 Å². The summed E-state index contributed by atoms with van der Waals surface area (Å²) in [6.45, 7) is 5.11. The first-order chi connectivity index (χ1) is 9.65. The second kappa shape index (κ2) is 6.46. The van der Waals surface area contributed by atoms with Gasteiger partial charge in [-0.15, -0.1) is 0 Å². The summed E-state index contributed by atoms with van der Waals surface area (Å²) in [5.41, 5.74) is -0.0758. The number of anilines is 1. The van der Waals surface area contributed by atoms with Crippen molar-refractivity contribution in [3.05, 3.63) is 28.8 Å². The molecule has 0 bridgehead atoms. The molecule has 0 radical (unpaired) electrons. The number of rotatable bonds is 3. The number of aliphatic carboxylic acids is 1. The van der Waals surface area contributed by atoms with Crippen molar-refractivity contribution >= 4 is 29.3 Å². The van der Waals surface area contributed by atoms with E-state index in [1.165, 1.54) is 18.2 Å². The summed E-state index contributed by atoms with van der Waals surface area (Å²) in [7, 11) is 0. The Balaban J connectivity index is 2.87. The average molecular weight is 310 g/mol. The molecule has 0 fully saturated rings. The van der Waals surface area contributed by atoms with Crippen molar-refractivity contribution in [2.24, 2.45) is 5.41 Å². The van der Waals surface area contributed by atoms with Crippen LogP contribution in [0.1, 0.15) is 26.3 Å². The van der Waals surface area contributed by atoms with Crippen molar-refractivity contribution in [1.82, 2.24) is 5.32 Å². The summed E-state index contributed by atoms with van der Waals surface area (Å²) in [5.74, 6) is -1.13. The lowest BCUT2D eigenvalue weighted by Crippen LogP contribution is -2.50. The van der Waals surface area contributed by atoms with E-state index in [4.69, 9.17) is 22.0 Å². The molecule has 112 valence electrons. The highest BCUT2D eigenvalue weighted by Gasteiger charge is 2.32. The molecule has 2 amide bonds. The largest absolute Gasteiger partial charge is 0.480 e. The average Bonchev–Trinajstić information content (AvgIpc) is 2.37. The Hall–Kier alpha value is -2.26. The Morgan fingerprint density at radius 1 is 1.38 bits per heavy atom. The maximum atomic E-state index is 11.9. The summed E-state index contributed by atoms with van der Waals surface area (Å²) in [6.07, 6.45) is 0. The van der Waals surface area contributed by atoms with Gasteiger partial charge in [0.05, 0.1) is 22.3 Å². The van der Waals surface area contributed by atoms with E-state index < -0.39 is 23.5 Å². The zero-order valence-electron chi connectivity index (χ0n) is 11.9. The van der Waals surface area contributed by atoms with E-state index in [9.17, 15) is 9.59 Å². The molecule has 1 aromatic rings. The predicted octanol–water partition coefficient (Wildman–Crippen LogP) is 2.83. The fourth-order valence-electron chi connectivity index (χ4n) is 1.63. The van der Waals surface area contributed by atoms with Gasteiger partial charge in [0.25, 0.3) is 0 Å². The lowest BCUT2D eigenvalue weighted by molar-refractivity contribution is -0.141. The van der Waals surface area contributed by atoms with Gasteiger partial charge < -0.3 is 15.7 Å². The number of halogens is 1. The Kier molecular flexibility index (Phi) is 5.17. The standard InChI is InChI=1S/C14H16ClN3O3/c1-14(2,3)11(12(19)20)18-13(21)17-10-6-8(7-16)4-5-9(10)15/h4-6,11H,1-3H3,(H,19,20)(H2,17,18,21). The number of nitrogens with one attached hydrogen (secondary N) is 2. The van der Waals surface area contributed by atoms with Crippen LogP contribution in [-0.4, -0.2) is 23.1 Å². The molecule has 1 rings (SSSR count). The van der Waals surface area contributed by atoms with Crippen LogP contribution in [0, 0.1) is 16.7 Å². The highest BCUT2D eigenvalue weighted by atomic mass is 35.5. The van der Waals surface area contributed by atoms with Gasteiger partial charge in [-0.25, -0.2) is 9.59 Å². The molecule has 3 N–H and O–H groups in total. The van der Waals surface area contributed by atoms with Gasteiger partial charge in [0.2, 0.25) is 0 Å².